The fourth-order valence-electron chi connectivity index (χ4n) is 5.73. The lowest BCUT2D eigenvalue weighted by molar-refractivity contribution is -0.138. The first-order valence-corrected chi connectivity index (χ1v) is 14.5. The number of benzene rings is 2. The molecule has 1 aliphatic carbocycles. The number of fused-ring (bicyclic) bond motifs is 3. The van der Waals surface area contributed by atoms with E-state index >= 15 is 0 Å². The molecule has 2 aromatic carbocycles. The lowest BCUT2D eigenvalue weighted by Gasteiger charge is -2.41. The SMILES string of the molecule is CCCCCCCC(=O)N(Cc1ccc(F)cc1)[C@@H]1C=C(C(=O)NCCO)[C@@H]2c3cc(C=O)cc(OC)c3O[C@@H]2[C@H]1O. The van der Waals surface area contributed by atoms with Gasteiger partial charge < -0.3 is 29.9 Å². The molecule has 226 valence electrons. The van der Waals surface area contributed by atoms with Crippen LogP contribution in [0.3, 0.4) is 0 Å². The number of methoxy groups -OCH3 is 1. The summed E-state index contributed by atoms with van der Waals surface area (Å²) in [5.41, 5.74) is 1.74. The number of carbonyl (C=O) groups excluding carboxylic acids is 3. The number of aldehydes is 1. The van der Waals surface area contributed by atoms with Crippen molar-refractivity contribution in [1.29, 1.82) is 0 Å². The summed E-state index contributed by atoms with van der Waals surface area (Å²) < 4.78 is 25.4. The number of nitrogens with zero attached hydrogens (tertiary/aromatic N) is 1. The maximum atomic E-state index is 13.7. The van der Waals surface area contributed by atoms with Crippen LogP contribution < -0.4 is 14.8 Å². The molecular weight excluding hydrogens is 543 g/mol. The highest BCUT2D eigenvalue weighted by Crippen LogP contribution is 2.51. The minimum atomic E-state index is -1.24. The predicted molar refractivity (Wildman–Crippen MR) is 154 cm³/mol. The molecule has 2 amide bonds. The van der Waals surface area contributed by atoms with Gasteiger partial charge in [0.15, 0.2) is 11.5 Å². The van der Waals surface area contributed by atoms with Gasteiger partial charge >= 0.3 is 0 Å². The summed E-state index contributed by atoms with van der Waals surface area (Å²) in [6.45, 7) is 1.93. The van der Waals surface area contributed by atoms with Crippen LogP contribution in [0.2, 0.25) is 0 Å². The highest BCUT2D eigenvalue weighted by molar-refractivity contribution is 5.96. The minimum absolute atomic E-state index is 0.00216. The van der Waals surface area contributed by atoms with Crippen molar-refractivity contribution in [3.05, 3.63) is 70.6 Å². The Morgan fingerprint density at radius 3 is 2.55 bits per heavy atom. The van der Waals surface area contributed by atoms with Gasteiger partial charge in [0, 0.05) is 36.2 Å². The molecule has 0 saturated heterocycles. The summed E-state index contributed by atoms with van der Waals surface area (Å²) in [6, 6.07) is 7.97. The zero-order valence-corrected chi connectivity index (χ0v) is 24.1. The van der Waals surface area contributed by atoms with E-state index in [1.165, 1.54) is 30.2 Å². The Bertz CT molecular complexity index is 1300. The maximum Gasteiger partial charge on any atom is 0.247 e. The monoisotopic (exact) mass is 582 g/mol. The van der Waals surface area contributed by atoms with Crippen molar-refractivity contribution < 1.29 is 38.5 Å². The van der Waals surface area contributed by atoms with E-state index in [0.29, 0.717) is 35.1 Å². The normalized spacial score (nSPS) is 20.5. The predicted octanol–water partition coefficient (Wildman–Crippen LogP) is 3.66. The van der Waals surface area contributed by atoms with Crippen molar-refractivity contribution in [3.8, 4) is 11.5 Å². The van der Waals surface area contributed by atoms with Crippen LogP contribution in [0.4, 0.5) is 4.39 Å². The molecule has 2 aliphatic rings. The third-order valence-electron chi connectivity index (χ3n) is 7.85. The summed E-state index contributed by atoms with van der Waals surface area (Å²) in [6.07, 6.45) is 5.03. The molecule has 3 N–H and O–H groups in total. The first-order valence-electron chi connectivity index (χ1n) is 14.5. The van der Waals surface area contributed by atoms with Crippen molar-refractivity contribution in [2.75, 3.05) is 20.3 Å². The summed E-state index contributed by atoms with van der Waals surface area (Å²) in [5.74, 6) is -1.26. The number of unbranched alkanes of at least 4 members (excludes halogenated alkanes) is 4. The summed E-state index contributed by atoms with van der Waals surface area (Å²) in [5, 5.41) is 23.8. The number of aliphatic hydroxyl groups excluding tert-OH is 2. The number of hydrogen-bond acceptors (Lipinski definition) is 7. The Balaban J connectivity index is 1.74. The Hall–Kier alpha value is -3.76. The summed E-state index contributed by atoms with van der Waals surface area (Å²) >= 11 is 0. The molecule has 2 aromatic rings. The van der Waals surface area contributed by atoms with E-state index in [9.17, 15) is 29.0 Å². The fraction of sp³-hybridized carbons (Fsp3) is 0.469. The van der Waals surface area contributed by atoms with Gasteiger partial charge in [-0.2, -0.15) is 0 Å². The van der Waals surface area contributed by atoms with Crippen LogP contribution in [0.15, 0.2) is 48.0 Å². The van der Waals surface area contributed by atoms with Crippen molar-refractivity contribution in [2.45, 2.75) is 76.2 Å². The van der Waals surface area contributed by atoms with Gasteiger partial charge in [0.2, 0.25) is 11.8 Å². The molecule has 0 fully saturated rings. The number of hydrogen-bond donors (Lipinski definition) is 3. The molecule has 42 heavy (non-hydrogen) atoms. The number of rotatable bonds is 14. The lowest BCUT2D eigenvalue weighted by atomic mass is 9.77. The van der Waals surface area contributed by atoms with E-state index in [0.717, 1.165) is 25.7 Å². The molecule has 4 rings (SSSR count). The van der Waals surface area contributed by atoms with Crippen LogP contribution in [0, 0.1) is 5.82 Å². The third kappa shape index (κ3) is 6.82. The van der Waals surface area contributed by atoms with Crippen LogP contribution >= 0.6 is 0 Å². The molecule has 1 heterocycles. The molecule has 0 unspecified atom stereocenters. The van der Waals surface area contributed by atoms with Crippen molar-refractivity contribution in [3.63, 3.8) is 0 Å². The third-order valence-corrected chi connectivity index (χ3v) is 7.85. The highest BCUT2D eigenvalue weighted by atomic mass is 19.1. The number of aliphatic hydroxyl groups is 2. The van der Waals surface area contributed by atoms with E-state index in [-0.39, 0.29) is 43.3 Å². The average molecular weight is 583 g/mol. The molecule has 1 aliphatic heterocycles. The van der Waals surface area contributed by atoms with E-state index in [4.69, 9.17) is 9.47 Å². The Morgan fingerprint density at radius 2 is 1.88 bits per heavy atom. The highest BCUT2D eigenvalue weighted by Gasteiger charge is 2.51. The summed E-state index contributed by atoms with van der Waals surface area (Å²) in [4.78, 5) is 40.4. The molecule has 0 radical (unpaired) electrons. The lowest BCUT2D eigenvalue weighted by Crippen LogP contribution is -2.55. The van der Waals surface area contributed by atoms with E-state index < -0.39 is 35.9 Å². The van der Waals surface area contributed by atoms with E-state index in [1.54, 1.807) is 24.3 Å². The second kappa shape index (κ2) is 14.4. The quantitative estimate of drug-likeness (QED) is 0.229. The van der Waals surface area contributed by atoms with Gasteiger partial charge in [0.25, 0.3) is 0 Å². The fourth-order valence-corrected chi connectivity index (χ4v) is 5.73. The largest absolute Gasteiger partial charge is 0.493 e. The second-order valence-electron chi connectivity index (χ2n) is 10.7. The average Bonchev–Trinajstić information content (AvgIpc) is 3.39. The van der Waals surface area contributed by atoms with Gasteiger partial charge in [0.1, 0.15) is 24.3 Å². The molecule has 4 atom stereocenters. The zero-order valence-electron chi connectivity index (χ0n) is 24.1. The molecule has 0 bridgehead atoms. The number of ether oxygens (including phenoxy) is 2. The first kappa shape index (κ1) is 31.2. The van der Waals surface area contributed by atoms with Gasteiger partial charge in [-0.05, 0) is 42.3 Å². The topological polar surface area (TPSA) is 125 Å². The molecule has 0 saturated carbocycles. The zero-order chi connectivity index (χ0) is 30.2. The molecule has 0 spiro atoms. The van der Waals surface area contributed by atoms with Crippen LogP contribution in [0.1, 0.15) is 72.9 Å². The standard InChI is InChI=1S/C32H39FN2O7/c1-3-4-5-6-7-8-27(38)35(18-20-9-11-22(33)12-10-20)25-17-24(32(40)34-13-14-36)28-23-15-21(19-37)16-26(41-2)30(23)42-31(28)29(25)39/h9-12,15-17,19,25,28-29,31,36,39H,3-8,13-14,18H2,1-2H3,(H,34,40)/t25-,28+,29+,31+/m1/s1. The van der Waals surface area contributed by atoms with Gasteiger partial charge in [-0.15, -0.1) is 0 Å². The maximum absolute atomic E-state index is 13.7. The summed E-state index contributed by atoms with van der Waals surface area (Å²) in [7, 11) is 1.43. The molecule has 10 heteroatoms. The second-order valence-corrected chi connectivity index (χ2v) is 10.7. The number of halogens is 1. The van der Waals surface area contributed by atoms with Crippen LogP contribution in [-0.4, -0.2) is 71.7 Å². The van der Waals surface area contributed by atoms with Crippen molar-refractivity contribution in [1.82, 2.24) is 10.2 Å². The first-order chi connectivity index (χ1) is 20.3. The Labute approximate surface area is 245 Å². The minimum Gasteiger partial charge on any atom is -0.493 e. The smallest absolute Gasteiger partial charge is 0.247 e. The van der Waals surface area contributed by atoms with Crippen LogP contribution in [-0.2, 0) is 16.1 Å². The Morgan fingerprint density at radius 1 is 1.14 bits per heavy atom. The Kier molecular flexibility index (Phi) is 10.7. The van der Waals surface area contributed by atoms with Crippen molar-refractivity contribution in [2.24, 2.45) is 0 Å². The van der Waals surface area contributed by atoms with Gasteiger partial charge in [-0.3, -0.25) is 14.4 Å². The van der Waals surface area contributed by atoms with Crippen LogP contribution in [0.25, 0.3) is 0 Å². The molecular formula is C32H39FN2O7. The molecule has 0 aromatic heterocycles. The van der Waals surface area contributed by atoms with Crippen molar-refractivity contribution >= 4 is 18.1 Å². The van der Waals surface area contributed by atoms with Gasteiger partial charge in [-0.1, -0.05) is 44.7 Å². The van der Waals surface area contributed by atoms with E-state index in [1.807, 2.05) is 0 Å². The molecule has 9 nitrogen and oxygen atoms in total. The van der Waals surface area contributed by atoms with Gasteiger partial charge in [-0.25, -0.2) is 4.39 Å². The van der Waals surface area contributed by atoms with Gasteiger partial charge in [0.05, 0.1) is 25.7 Å². The number of carbonyl (C=O) groups is 3. The number of nitrogens with one attached hydrogen (secondary N) is 1. The van der Waals surface area contributed by atoms with E-state index in [2.05, 4.69) is 12.2 Å². The number of amides is 2. The van der Waals surface area contributed by atoms with Crippen LogP contribution in [0.5, 0.6) is 11.5 Å².